The van der Waals surface area contributed by atoms with Crippen LogP contribution in [0.2, 0.25) is 0 Å². The fourth-order valence-electron chi connectivity index (χ4n) is 1.66. The first kappa shape index (κ1) is 14.2. The van der Waals surface area contributed by atoms with Crippen molar-refractivity contribution in [3.8, 4) is 0 Å². The molecular formula is C12H19N3O3. The third-order valence-corrected chi connectivity index (χ3v) is 2.74. The number of amides is 1. The fraction of sp³-hybridized carbons (Fsp3) is 0.583. The summed E-state index contributed by atoms with van der Waals surface area (Å²) in [5.74, 6) is -0.972. The molecule has 1 aromatic heterocycles. The standard InChI is InChI=1S/C12H19N3O3/c1-4-9-8-10(15(3)13-9)12(18)14(2)7-5-6-11(16)17/h8H,4-7H2,1-3H3,(H,16,17). The lowest BCUT2D eigenvalue weighted by atomic mass is 10.2. The number of carbonyl (C=O) groups is 2. The Balaban J connectivity index is 2.62. The third kappa shape index (κ3) is 3.58. The lowest BCUT2D eigenvalue weighted by Crippen LogP contribution is -2.29. The molecule has 100 valence electrons. The molecule has 0 atom stereocenters. The number of carbonyl (C=O) groups excluding carboxylic acids is 1. The molecule has 0 saturated heterocycles. The molecule has 6 heteroatoms. The maximum absolute atomic E-state index is 12.1. The van der Waals surface area contributed by atoms with E-state index in [1.54, 1.807) is 24.8 Å². The van der Waals surface area contributed by atoms with Crippen LogP contribution in [0.3, 0.4) is 0 Å². The van der Waals surface area contributed by atoms with Crippen molar-refractivity contribution >= 4 is 11.9 Å². The molecule has 0 aliphatic heterocycles. The van der Waals surface area contributed by atoms with Crippen molar-refractivity contribution in [2.45, 2.75) is 26.2 Å². The van der Waals surface area contributed by atoms with E-state index in [0.29, 0.717) is 18.7 Å². The molecule has 6 nitrogen and oxygen atoms in total. The van der Waals surface area contributed by atoms with Gasteiger partial charge in [0.05, 0.1) is 5.69 Å². The van der Waals surface area contributed by atoms with E-state index < -0.39 is 5.97 Å². The third-order valence-electron chi connectivity index (χ3n) is 2.74. The summed E-state index contributed by atoms with van der Waals surface area (Å²) in [5.41, 5.74) is 1.41. The summed E-state index contributed by atoms with van der Waals surface area (Å²) in [5, 5.41) is 12.8. The average Bonchev–Trinajstić information content (AvgIpc) is 2.69. The van der Waals surface area contributed by atoms with Gasteiger partial charge in [-0.15, -0.1) is 0 Å². The first-order valence-corrected chi connectivity index (χ1v) is 5.95. The Morgan fingerprint density at radius 3 is 2.67 bits per heavy atom. The quantitative estimate of drug-likeness (QED) is 0.818. The molecule has 1 N–H and O–H groups in total. The zero-order valence-electron chi connectivity index (χ0n) is 11.0. The van der Waals surface area contributed by atoms with Gasteiger partial charge in [-0.25, -0.2) is 0 Å². The number of carboxylic acids is 1. The number of aromatic nitrogens is 2. The van der Waals surface area contributed by atoms with Crippen molar-refractivity contribution < 1.29 is 14.7 Å². The highest BCUT2D eigenvalue weighted by Crippen LogP contribution is 2.07. The highest BCUT2D eigenvalue weighted by Gasteiger charge is 2.16. The van der Waals surface area contributed by atoms with Crippen molar-refractivity contribution in [1.82, 2.24) is 14.7 Å². The molecule has 1 aromatic rings. The first-order valence-electron chi connectivity index (χ1n) is 5.95. The summed E-state index contributed by atoms with van der Waals surface area (Å²) >= 11 is 0. The van der Waals surface area contributed by atoms with E-state index in [0.717, 1.165) is 12.1 Å². The maximum atomic E-state index is 12.1. The number of carboxylic acid groups (broad SMARTS) is 1. The second-order valence-electron chi connectivity index (χ2n) is 4.22. The van der Waals surface area contributed by atoms with Crippen molar-refractivity contribution in [3.05, 3.63) is 17.5 Å². The summed E-state index contributed by atoms with van der Waals surface area (Å²) in [6, 6.07) is 1.77. The molecule has 0 aliphatic rings. The van der Waals surface area contributed by atoms with Crippen LogP contribution in [0.5, 0.6) is 0 Å². The summed E-state index contributed by atoms with van der Waals surface area (Å²) in [6.07, 6.45) is 1.31. The molecule has 0 unspecified atom stereocenters. The van der Waals surface area contributed by atoms with Gasteiger partial charge in [0, 0.05) is 27.1 Å². The lowest BCUT2D eigenvalue weighted by Gasteiger charge is -2.16. The number of aryl methyl sites for hydroxylation is 2. The predicted octanol–water partition coefficient (Wildman–Crippen LogP) is 0.919. The van der Waals surface area contributed by atoms with Gasteiger partial charge in [-0.1, -0.05) is 6.92 Å². The van der Waals surface area contributed by atoms with E-state index in [9.17, 15) is 9.59 Å². The van der Waals surface area contributed by atoms with Crippen LogP contribution in [0, 0.1) is 0 Å². The van der Waals surface area contributed by atoms with Crippen LogP contribution in [0.15, 0.2) is 6.07 Å². The van der Waals surface area contributed by atoms with Gasteiger partial charge in [-0.3, -0.25) is 14.3 Å². The van der Waals surface area contributed by atoms with Crippen LogP contribution in [-0.4, -0.2) is 45.3 Å². The molecule has 1 rings (SSSR count). The van der Waals surface area contributed by atoms with Gasteiger partial charge in [-0.05, 0) is 18.9 Å². The number of aliphatic carboxylic acids is 1. The largest absolute Gasteiger partial charge is 0.481 e. The van der Waals surface area contributed by atoms with Gasteiger partial charge >= 0.3 is 5.97 Å². The van der Waals surface area contributed by atoms with E-state index in [1.807, 2.05) is 6.92 Å². The minimum Gasteiger partial charge on any atom is -0.481 e. The molecule has 0 spiro atoms. The van der Waals surface area contributed by atoms with Crippen molar-refractivity contribution in [1.29, 1.82) is 0 Å². The first-order chi connectivity index (χ1) is 8.45. The minimum absolute atomic E-state index is 0.0726. The second-order valence-corrected chi connectivity index (χ2v) is 4.22. The molecule has 1 heterocycles. The van der Waals surface area contributed by atoms with Gasteiger partial charge in [0.15, 0.2) is 0 Å². The van der Waals surface area contributed by atoms with E-state index in [4.69, 9.17) is 5.11 Å². The van der Waals surface area contributed by atoms with Crippen molar-refractivity contribution in [3.63, 3.8) is 0 Å². The van der Waals surface area contributed by atoms with E-state index in [1.165, 1.54) is 4.90 Å². The van der Waals surface area contributed by atoms with Gasteiger partial charge < -0.3 is 10.0 Å². The van der Waals surface area contributed by atoms with Gasteiger partial charge in [-0.2, -0.15) is 5.10 Å². The van der Waals surface area contributed by atoms with E-state index in [2.05, 4.69) is 5.10 Å². The zero-order chi connectivity index (χ0) is 13.7. The molecule has 18 heavy (non-hydrogen) atoms. The van der Waals surface area contributed by atoms with Crippen molar-refractivity contribution in [2.75, 3.05) is 13.6 Å². The SMILES string of the molecule is CCc1cc(C(=O)N(C)CCCC(=O)O)n(C)n1. The van der Waals surface area contributed by atoms with Crippen LogP contribution < -0.4 is 0 Å². The number of rotatable bonds is 6. The average molecular weight is 253 g/mol. The maximum Gasteiger partial charge on any atom is 0.303 e. The Bertz CT molecular complexity index is 440. The van der Waals surface area contributed by atoms with Crippen LogP contribution >= 0.6 is 0 Å². The minimum atomic E-state index is -0.843. The highest BCUT2D eigenvalue weighted by atomic mass is 16.4. The number of nitrogens with zero attached hydrogens (tertiary/aromatic N) is 3. The van der Waals surface area contributed by atoms with Crippen LogP contribution in [0.25, 0.3) is 0 Å². The van der Waals surface area contributed by atoms with Crippen molar-refractivity contribution in [2.24, 2.45) is 7.05 Å². The summed E-state index contributed by atoms with van der Waals surface area (Å²) in [7, 11) is 3.40. The predicted molar refractivity (Wildman–Crippen MR) is 66.4 cm³/mol. The normalized spacial score (nSPS) is 10.4. The second kappa shape index (κ2) is 6.18. The number of hydrogen-bond acceptors (Lipinski definition) is 3. The number of hydrogen-bond donors (Lipinski definition) is 1. The molecular weight excluding hydrogens is 234 g/mol. The fourth-order valence-corrected chi connectivity index (χ4v) is 1.66. The topological polar surface area (TPSA) is 75.4 Å². The Morgan fingerprint density at radius 2 is 2.17 bits per heavy atom. The Hall–Kier alpha value is -1.85. The monoisotopic (exact) mass is 253 g/mol. The van der Waals surface area contributed by atoms with Gasteiger partial charge in [0.2, 0.25) is 0 Å². The summed E-state index contributed by atoms with van der Waals surface area (Å²) < 4.78 is 1.56. The van der Waals surface area contributed by atoms with Crippen LogP contribution in [-0.2, 0) is 18.3 Å². The lowest BCUT2D eigenvalue weighted by molar-refractivity contribution is -0.137. The molecule has 0 aromatic carbocycles. The highest BCUT2D eigenvalue weighted by molar-refractivity contribution is 5.92. The Kier molecular flexibility index (Phi) is 4.88. The van der Waals surface area contributed by atoms with E-state index >= 15 is 0 Å². The summed E-state index contributed by atoms with van der Waals surface area (Å²) in [6.45, 7) is 2.41. The van der Waals surface area contributed by atoms with Crippen LogP contribution in [0.4, 0.5) is 0 Å². The molecule has 0 radical (unpaired) electrons. The molecule has 1 amide bonds. The molecule has 0 saturated carbocycles. The smallest absolute Gasteiger partial charge is 0.303 e. The van der Waals surface area contributed by atoms with Gasteiger partial charge in [0.25, 0.3) is 5.91 Å². The Labute approximate surface area is 106 Å². The summed E-state index contributed by atoms with van der Waals surface area (Å²) in [4.78, 5) is 24.0. The van der Waals surface area contributed by atoms with Crippen LogP contribution in [0.1, 0.15) is 35.9 Å². The zero-order valence-corrected chi connectivity index (χ0v) is 11.0. The van der Waals surface area contributed by atoms with E-state index in [-0.39, 0.29) is 12.3 Å². The van der Waals surface area contributed by atoms with Gasteiger partial charge in [0.1, 0.15) is 5.69 Å². The Morgan fingerprint density at radius 1 is 1.50 bits per heavy atom. The molecule has 0 bridgehead atoms. The molecule has 0 aliphatic carbocycles. The molecule has 0 fully saturated rings.